The summed E-state index contributed by atoms with van der Waals surface area (Å²) in [5.41, 5.74) is 3.68. The van der Waals surface area contributed by atoms with Crippen molar-refractivity contribution in [3.05, 3.63) is 52.3 Å². The SMILES string of the molecule is Cc1cc(C(=O)NC2CCNCC2C)c(C)n1-c1cccc(Cl)c1.Cl. The quantitative estimate of drug-likeness (QED) is 0.846. The van der Waals surface area contributed by atoms with E-state index in [1.54, 1.807) is 0 Å². The summed E-state index contributed by atoms with van der Waals surface area (Å²) in [6, 6.07) is 9.88. The second-order valence-corrected chi connectivity index (χ2v) is 7.09. The molecular weight excluding hydrogens is 357 g/mol. The summed E-state index contributed by atoms with van der Waals surface area (Å²) in [4.78, 5) is 12.8. The number of aromatic nitrogens is 1. The first-order valence-corrected chi connectivity index (χ1v) is 8.81. The minimum Gasteiger partial charge on any atom is -0.349 e. The minimum atomic E-state index is 0. The molecule has 1 aliphatic heterocycles. The molecule has 136 valence electrons. The van der Waals surface area contributed by atoms with Crippen molar-refractivity contribution in [3.63, 3.8) is 0 Å². The number of aryl methyl sites for hydroxylation is 1. The second-order valence-electron chi connectivity index (χ2n) is 6.65. The number of amides is 1. The van der Waals surface area contributed by atoms with Crippen LogP contribution in [0.4, 0.5) is 0 Å². The molecule has 2 heterocycles. The van der Waals surface area contributed by atoms with Gasteiger partial charge >= 0.3 is 0 Å². The zero-order valence-corrected chi connectivity index (χ0v) is 16.4. The fourth-order valence-electron chi connectivity index (χ4n) is 3.48. The monoisotopic (exact) mass is 381 g/mol. The van der Waals surface area contributed by atoms with Crippen LogP contribution in [-0.2, 0) is 0 Å². The van der Waals surface area contributed by atoms with E-state index in [9.17, 15) is 4.79 Å². The van der Waals surface area contributed by atoms with Crippen molar-refractivity contribution in [3.8, 4) is 5.69 Å². The predicted molar refractivity (Wildman–Crippen MR) is 105 cm³/mol. The van der Waals surface area contributed by atoms with Crippen molar-refractivity contribution < 1.29 is 4.79 Å². The van der Waals surface area contributed by atoms with E-state index in [2.05, 4.69) is 22.1 Å². The third-order valence-electron chi connectivity index (χ3n) is 4.84. The first-order valence-electron chi connectivity index (χ1n) is 8.44. The zero-order valence-electron chi connectivity index (χ0n) is 14.8. The molecule has 0 aliphatic carbocycles. The van der Waals surface area contributed by atoms with Crippen LogP contribution in [0.25, 0.3) is 5.69 Å². The van der Waals surface area contributed by atoms with Crippen molar-refractivity contribution in [2.24, 2.45) is 5.92 Å². The van der Waals surface area contributed by atoms with Gasteiger partial charge in [-0.3, -0.25) is 4.79 Å². The average Bonchev–Trinajstić information content (AvgIpc) is 2.84. The maximum Gasteiger partial charge on any atom is 0.253 e. The fraction of sp³-hybridized carbons (Fsp3) is 0.421. The second kappa shape index (κ2) is 8.26. The smallest absolute Gasteiger partial charge is 0.253 e. The topological polar surface area (TPSA) is 46.1 Å². The molecule has 0 bridgehead atoms. The molecule has 0 saturated carbocycles. The van der Waals surface area contributed by atoms with E-state index < -0.39 is 0 Å². The highest BCUT2D eigenvalue weighted by atomic mass is 35.5. The van der Waals surface area contributed by atoms with E-state index in [-0.39, 0.29) is 24.4 Å². The average molecular weight is 382 g/mol. The number of hydrogen-bond acceptors (Lipinski definition) is 2. The van der Waals surface area contributed by atoms with Gasteiger partial charge in [-0.05, 0) is 63.5 Å². The van der Waals surface area contributed by atoms with E-state index in [1.165, 1.54) is 0 Å². The van der Waals surface area contributed by atoms with Crippen LogP contribution in [0.5, 0.6) is 0 Å². The third-order valence-corrected chi connectivity index (χ3v) is 5.08. The summed E-state index contributed by atoms with van der Waals surface area (Å²) in [5.74, 6) is 0.453. The highest BCUT2D eigenvalue weighted by Gasteiger charge is 2.25. The van der Waals surface area contributed by atoms with Crippen molar-refractivity contribution >= 4 is 29.9 Å². The van der Waals surface area contributed by atoms with Crippen LogP contribution in [0.2, 0.25) is 5.02 Å². The molecule has 0 radical (unpaired) electrons. The molecule has 0 spiro atoms. The van der Waals surface area contributed by atoms with Crippen LogP contribution in [0, 0.1) is 19.8 Å². The molecule has 3 rings (SSSR count). The number of nitrogens with one attached hydrogen (secondary N) is 2. The summed E-state index contributed by atoms with van der Waals surface area (Å²) in [7, 11) is 0. The van der Waals surface area contributed by atoms with Crippen molar-refractivity contribution in [1.29, 1.82) is 0 Å². The van der Waals surface area contributed by atoms with Crippen molar-refractivity contribution in [2.45, 2.75) is 33.2 Å². The van der Waals surface area contributed by atoms with Gasteiger partial charge in [-0.25, -0.2) is 0 Å². The molecule has 2 aromatic rings. The van der Waals surface area contributed by atoms with Gasteiger partial charge in [0, 0.05) is 28.1 Å². The molecule has 1 saturated heterocycles. The Balaban J connectivity index is 0.00000225. The Hall–Kier alpha value is -1.49. The Kier molecular flexibility index (Phi) is 6.55. The molecule has 2 unspecified atom stereocenters. The largest absolute Gasteiger partial charge is 0.349 e. The number of hydrogen-bond donors (Lipinski definition) is 2. The van der Waals surface area contributed by atoms with Crippen LogP contribution in [0.15, 0.2) is 30.3 Å². The highest BCUT2D eigenvalue weighted by molar-refractivity contribution is 6.30. The van der Waals surface area contributed by atoms with Crippen LogP contribution >= 0.6 is 24.0 Å². The lowest BCUT2D eigenvalue weighted by Gasteiger charge is -2.30. The molecule has 1 aromatic heterocycles. The number of rotatable bonds is 3. The van der Waals surface area contributed by atoms with E-state index in [0.29, 0.717) is 10.9 Å². The maximum absolute atomic E-state index is 12.8. The molecule has 2 atom stereocenters. The van der Waals surface area contributed by atoms with Gasteiger partial charge in [-0.2, -0.15) is 0 Å². The normalized spacial score (nSPS) is 20.0. The van der Waals surface area contributed by atoms with E-state index in [4.69, 9.17) is 11.6 Å². The molecule has 25 heavy (non-hydrogen) atoms. The molecule has 1 fully saturated rings. The van der Waals surface area contributed by atoms with Gasteiger partial charge in [-0.1, -0.05) is 24.6 Å². The highest BCUT2D eigenvalue weighted by Crippen LogP contribution is 2.23. The Bertz CT molecular complexity index is 757. The molecule has 6 heteroatoms. The first-order chi connectivity index (χ1) is 11.5. The lowest BCUT2D eigenvalue weighted by Crippen LogP contribution is -2.48. The molecular formula is C19H25Cl2N3O. The Morgan fingerprint density at radius 1 is 1.32 bits per heavy atom. The van der Waals surface area contributed by atoms with Gasteiger partial charge in [0.15, 0.2) is 0 Å². The number of benzene rings is 1. The predicted octanol–water partition coefficient (Wildman–Crippen LogP) is 3.90. The van der Waals surface area contributed by atoms with Gasteiger partial charge in [0.2, 0.25) is 0 Å². The summed E-state index contributed by atoms with van der Waals surface area (Å²) in [6.45, 7) is 8.07. The summed E-state index contributed by atoms with van der Waals surface area (Å²) >= 11 is 6.12. The summed E-state index contributed by atoms with van der Waals surface area (Å²) < 4.78 is 2.08. The number of carbonyl (C=O) groups is 1. The number of piperidine rings is 1. The Labute approximate surface area is 160 Å². The Morgan fingerprint density at radius 2 is 2.08 bits per heavy atom. The van der Waals surface area contributed by atoms with Gasteiger partial charge in [-0.15, -0.1) is 12.4 Å². The van der Waals surface area contributed by atoms with Gasteiger partial charge in [0.25, 0.3) is 5.91 Å². The molecule has 1 aromatic carbocycles. The molecule has 1 aliphatic rings. The third kappa shape index (κ3) is 4.20. The van der Waals surface area contributed by atoms with Gasteiger partial charge < -0.3 is 15.2 Å². The number of carbonyl (C=O) groups excluding carboxylic acids is 1. The van der Waals surface area contributed by atoms with Gasteiger partial charge in [0.05, 0.1) is 5.56 Å². The van der Waals surface area contributed by atoms with E-state index >= 15 is 0 Å². The zero-order chi connectivity index (χ0) is 17.3. The van der Waals surface area contributed by atoms with Crippen LogP contribution in [0.1, 0.15) is 35.1 Å². The van der Waals surface area contributed by atoms with Crippen LogP contribution < -0.4 is 10.6 Å². The minimum absolute atomic E-state index is 0. The maximum atomic E-state index is 12.8. The fourth-order valence-corrected chi connectivity index (χ4v) is 3.66. The standard InChI is InChI=1S/C19H24ClN3O.ClH/c1-12-11-21-8-7-18(12)22-19(24)17-9-13(2)23(14(17)3)16-6-4-5-15(20)10-16;/h4-6,9-10,12,18,21H,7-8,11H2,1-3H3,(H,22,24);1H. The van der Waals surface area contributed by atoms with Crippen molar-refractivity contribution in [2.75, 3.05) is 13.1 Å². The lowest BCUT2D eigenvalue weighted by atomic mass is 9.95. The van der Waals surface area contributed by atoms with Crippen molar-refractivity contribution in [1.82, 2.24) is 15.2 Å². The summed E-state index contributed by atoms with van der Waals surface area (Å²) in [5, 5.41) is 7.26. The van der Waals surface area contributed by atoms with Gasteiger partial charge in [0.1, 0.15) is 0 Å². The number of nitrogens with zero attached hydrogens (tertiary/aromatic N) is 1. The van der Waals surface area contributed by atoms with E-state index in [0.717, 1.165) is 42.1 Å². The van der Waals surface area contributed by atoms with Crippen LogP contribution in [-0.4, -0.2) is 29.6 Å². The van der Waals surface area contributed by atoms with Crippen LogP contribution in [0.3, 0.4) is 0 Å². The molecule has 2 N–H and O–H groups in total. The molecule has 1 amide bonds. The molecule has 4 nitrogen and oxygen atoms in total. The Morgan fingerprint density at radius 3 is 2.76 bits per heavy atom. The van der Waals surface area contributed by atoms with E-state index in [1.807, 2.05) is 44.2 Å². The first kappa shape index (κ1) is 19.8. The lowest BCUT2D eigenvalue weighted by molar-refractivity contribution is 0.0913. The number of halogens is 2. The summed E-state index contributed by atoms with van der Waals surface area (Å²) in [6.07, 6.45) is 0.972.